The van der Waals surface area contributed by atoms with Crippen LogP contribution in [0.5, 0.6) is 0 Å². The Morgan fingerprint density at radius 2 is 1.09 bits per heavy atom. The lowest BCUT2D eigenvalue weighted by atomic mass is 9.74. The first kappa shape index (κ1) is 23.6. The van der Waals surface area contributed by atoms with E-state index in [1.807, 2.05) is 19.9 Å². The maximum Gasteiger partial charge on any atom is 0.166 e. The van der Waals surface area contributed by atoms with Crippen molar-refractivity contribution in [3.05, 3.63) is 77.4 Å². The predicted molar refractivity (Wildman–Crippen MR) is 144 cm³/mol. The number of carbonyl (C=O) groups excluding carboxylic acids is 2. The number of rotatable bonds is 5. The predicted octanol–water partition coefficient (Wildman–Crippen LogP) is 6.20. The van der Waals surface area contributed by atoms with Gasteiger partial charge in [-0.3, -0.25) is 9.59 Å². The Labute approximate surface area is 209 Å². The SMILES string of the molecule is CC1(C)CC(=O)C(=CC=C(c2ccc(N3CCCC3)cc2)c2ccc(N3CCCC3)cc2)C(=O)C1. The van der Waals surface area contributed by atoms with Crippen molar-refractivity contribution in [1.29, 1.82) is 0 Å². The number of Topliss-reactive ketones (excluding diaryl/α,β-unsaturated/α-hetero) is 2. The topological polar surface area (TPSA) is 40.6 Å². The molecular weight excluding hydrogens is 432 g/mol. The van der Waals surface area contributed by atoms with Crippen LogP contribution < -0.4 is 9.80 Å². The van der Waals surface area contributed by atoms with Crippen molar-refractivity contribution in [3.8, 4) is 0 Å². The van der Waals surface area contributed by atoms with Crippen molar-refractivity contribution in [3.63, 3.8) is 0 Å². The standard InChI is InChI=1S/C31H36N2O2/c1-31(2)21-29(34)28(30(35)22-31)16-15-27(23-7-11-25(12-8-23)32-17-3-4-18-32)24-9-13-26(14-10-24)33-19-5-6-20-33/h7-16H,3-6,17-22H2,1-2H3. The lowest BCUT2D eigenvalue weighted by Gasteiger charge is -2.28. The molecule has 0 bridgehead atoms. The number of carbonyl (C=O) groups is 2. The van der Waals surface area contributed by atoms with Crippen LogP contribution in [0.2, 0.25) is 0 Å². The second-order valence-corrected chi connectivity index (χ2v) is 11.0. The average Bonchev–Trinajstić information content (AvgIpc) is 3.56. The molecule has 2 heterocycles. The summed E-state index contributed by atoms with van der Waals surface area (Å²) in [5.41, 5.74) is 5.81. The summed E-state index contributed by atoms with van der Waals surface area (Å²) in [7, 11) is 0. The van der Waals surface area contributed by atoms with E-state index in [0.29, 0.717) is 18.4 Å². The van der Waals surface area contributed by atoms with E-state index < -0.39 is 0 Å². The van der Waals surface area contributed by atoms with Crippen molar-refractivity contribution < 1.29 is 9.59 Å². The third-order valence-corrected chi connectivity index (χ3v) is 7.59. The van der Waals surface area contributed by atoms with Crippen molar-refractivity contribution in [2.24, 2.45) is 5.41 Å². The summed E-state index contributed by atoms with van der Waals surface area (Å²) in [5.74, 6) is -0.0915. The maximum absolute atomic E-state index is 12.8. The van der Waals surface area contributed by atoms with E-state index in [1.54, 1.807) is 6.08 Å². The molecular formula is C31H36N2O2. The van der Waals surface area contributed by atoms with Gasteiger partial charge in [-0.25, -0.2) is 0 Å². The molecule has 2 aliphatic heterocycles. The number of hydrogen-bond acceptors (Lipinski definition) is 4. The highest BCUT2D eigenvalue weighted by atomic mass is 16.1. The van der Waals surface area contributed by atoms with Crippen LogP contribution in [0, 0.1) is 5.41 Å². The fourth-order valence-electron chi connectivity index (χ4n) is 5.64. The first-order chi connectivity index (χ1) is 16.9. The summed E-state index contributed by atoms with van der Waals surface area (Å²) in [5, 5.41) is 0. The molecule has 0 aromatic heterocycles. The van der Waals surface area contributed by atoms with E-state index >= 15 is 0 Å². The van der Waals surface area contributed by atoms with Gasteiger partial charge in [0.05, 0.1) is 5.57 Å². The zero-order valence-corrected chi connectivity index (χ0v) is 21.1. The lowest BCUT2D eigenvalue weighted by Crippen LogP contribution is -2.31. The van der Waals surface area contributed by atoms with E-state index in [9.17, 15) is 9.59 Å². The molecule has 2 aromatic carbocycles. The third kappa shape index (κ3) is 5.27. The molecule has 5 rings (SSSR count). The number of hydrogen-bond donors (Lipinski definition) is 0. The summed E-state index contributed by atoms with van der Waals surface area (Å²) in [4.78, 5) is 30.4. The van der Waals surface area contributed by atoms with Gasteiger partial charge < -0.3 is 9.80 Å². The molecule has 3 aliphatic rings. The maximum atomic E-state index is 12.8. The molecule has 0 amide bonds. The Bertz CT molecular complexity index is 1060. The van der Waals surface area contributed by atoms with Crippen LogP contribution in [0.3, 0.4) is 0 Å². The Hall–Kier alpha value is -3.14. The largest absolute Gasteiger partial charge is 0.372 e. The van der Waals surface area contributed by atoms with Gasteiger partial charge in [-0.05, 0) is 78.1 Å². The van der Waals surface area contributed by atoms with Crippen LogP contribution in [0.15, 0.2) is 66.3 Å². The van der Waals surface area contributed by atoms with Gasteiger partial charge in [0.1, 0.15) is 0 Å². The number of nitrogens with zero attached hydrogens (tertiary/aromatic N) is 2. The minimum Gasteiger partial charge on any atom is -0.372 e. The molecule has 0 spiro atoms. The molecule has 1 aliphatic carbocycles. The minimum atomic E-state index is -0.255. The van der Waals surface area contributed by atoms with Crippen LogP contribution in [-0.2, 0) is 9.59 Å². The molecule has 4 nitrogen and oxygen atoms in total. The molecule has 3 fully saturated rings. The number of allylic oxidation sites excluding steroid dienone is 3. The van der Waals surface area contributed by atoms with Crippen LogP contribution in [0.4, 0.5) is 11.4 Å². The molecule has 2 saturated heterocycles. The Balaban J connectivity index is 1.49. The van der Waals surface area contributed by atoms with Crippen LogP contribution in [-0.4, -0.2) is 37.7 Å². The Morgan fingerprint density at radius 3 is 1.49 bits per heavy atom. The van der Waals surface area contributed by atoms with Crippen LogP contribution in [0.1, 0.15) is 63.5 Å². The highest BCUT2D eigenvalue weighted by Crippen LogP contribution is 2.34. The average molecular weight is 469 g/mol. The van der Waals surface area contributed by atoms with Gasteiger partial charge in [0, 0.05) is 50.4 Å². The molecule has 0 radical (unpaired) electrons. The monoisotopic (exact) mass is 468 g/mol. The smallest absolute Gasteiger partial charge is 0.166 e. The molecule has 182 valence electrons. The van der Waals surface area contributed by atoms with E-state index in [-0.39, 0.29) is 17.0 Å². The second-order valence-electron chi connectivity index (χ2n) is 11.0. The van der Waals surface area contributed by atoms with Crippen LogP contribution in [0.25, 0.3) is 5.57 Å². The molecule has 0 N–H and O–H groups in total. The fraction of sp³-hybridized carbons (Fsp3) is 0.419. The first-order valence-corrected chi connectivity index (χ1v) is 13.1. The highest BCUT2D eigenvalue weighted by Gasteiger charge is 2.35. The number of anilines is 2. The van der Waals surface area contributed by atoms with Crippen molar-refractivity contribution in [1.82, 2.24) is 0 Å². The summed E-state index contributed by atoms with van der Waals surface area (Å²) in [6.07, 6.45) is 9.58. The molecule has 2 aromatic rings. The summed E-state index contributed by atoms with van der Waals surface area (Å²) >= 11 is 0. The van der Waals surface area contributed by atoms with E-state index in [4.69, 9.17) is 0 Å². The van der Waals surface area contributed by atoms with Gasteiger partial charge in [-0.2, -0.15) is 0 Å². The molecule has 1 saturated carbocycles. The van der Waals surface area contributed by atoms with E-state index in [1.165, 1.54) is 37.1 Å². The van der Waals surface area contributed by atoms with E-state index in [0.717, 1.165) is 42.9 Å². The van der Waals surface area contributed by atoms with Gasteiger partial charge in [-0.1, -0.05) is 44.2 Å². The Kier molecular flexibility index (Phi) is 6.64. The Morgan fingerprint density at radius 1 is 0.686 bits per heavy atom. The van der Waals surface area contributed by atoms with Gasteiger partial charge >= 0.3 is 0 Å². The van der Waals surface area contributed by atoms with Crippen LogP contribution >= 0.6 is 0 Å². The van der Waals surface area contributed by atoms with Gasteiger partial charge in [0.2, 0.25) is 0 Å². The van der Waals surface area contributed by atoms with Crippen molar-refractivity contribution in [2.45, 2.75) is 52.4 Å². The lowest BCUT2D eigenvalue weighted by molar-refractivity contribution is -0.127. The molecule has 0 atom stereocenters. The zero-order valence-electron chi connectivity index (χ0n) is 21.1. The van der Waals surface area contributed by atoms with Crippen molar-refractivity contribution >= 4 is 28.5 Å². The quantitative estimate of drug-likeness (QED) is 0.387. The highest BCUT2D eigenvalue weighted by molar-refractivity contribution is 6.22. The van der Waals surface area contributed by atoms with Gasteiger partial charge in [0.25, 0.3) is 0 Å². The van der Waals surface area contributed by atoms with Crippen molar-refractivity contribution in [2.75, 3.05) is 36.0 Å². The van der Waals surface area contributed by atoms with E-state index in [2.05, 4.69) is 58.3 Å². The summed E-state index contributed by atoms with van der Waals surface area (Å²) < 4.78 is 0. The summed E-state index contributed by atoms with van der Waals surface area (Å²) in [6, 6.07) is 17.4. The first-order valence-electron chi connectivity index (χ1n) is 13.1. The molecule has 4 heteroatoms. The number of benzene rings is 2. The molecule has 0 unspecified atom stereocenters. The zero-order chi connectivity index (χ0) is 24.4. The van der Waals surface area contributed by atoms with Gasteiger partial charge in [0.15, 0.2) is 11.6 Å². The molecule has 35 heavy (non-hydrogen) atoms. The summed E-state index contributed by atoms with van der Waals surface area (Å²) in [6.45, 7) is 8.45. The number of ketones is 2. The minimum absolute atomic E-state index is 0.0457. The van der Waals surface area contributed by atoms with Gasteiger partial charge in [-0.15, -0.1) is 0 Å². The normalized spacial score (nSPS) is 19.9. The second kappa shape index (κ2) is 9.85. The fourth-order valence-corrected chi connectivity index (χ4v) is 5.64. The third-order valence-electron chi connectivity index (χ3n) is 7.59.